The van der Waals surface area contributed by atoms with E-state index in [1.54, 1.807) is 29.1 Å². The van der Waals surface area contributed by atoms with Gasteiger partial charge in [-0.2, -0.15) is 0 Å². The molecular weight excluding hydrogens is 264 g/mol. The van der Waals surface area contributed by atoms with Crippen LogP contribution in [-0.4, -0.2) is 19.5 Å². The Morgan fingerprint density at radius 3 is 3.00 bits per heavy atom. The van der Waals surface area contributed by atoms with Gasteiger partial charge in [-0.15, -0.1) is 0 Å². The van der Waals surface area contributed by atoms with Gasteiger partial charge in [0.2, 0.25) is 0 Å². The molecular formula is C12H11ClN6. The quantitative estimate of drug-likeness (QED) is 0.618. The molecule has 2 aromatic heterocycles. The van der Waals surface area contributed by atoms with Gasteiger partial charge in [0.25, 0.3) is 0 Å². The average Bonchev–Trinajstić information content (AvgIpc) is 2.87. The van der Waals surface area contributed by atoms with Crippen LogP contribution in [0.2, 0.25) is 5.02 Å². The predicted octanol–water partition coefficient (Wildman–Crippen LogP) is 1.52. The van der Waals surface area contributed by atoms with Crippen molar-refractivity contribution in [2.75, 3.05) is 5.73 Å². The summed E-state index contributed by atoms with van der Waals surface area (Å²) in [6.07, 6.45) is 3.10. The molecule has 0 saturated carbocycles. The lowest BCUT2D eigenvalue weighted by Crippen LogP contribution is -2.14. The van der Waals surface area contributed by atoms with Crippen molar-refractivity contribution in [1.82, 2.24) is 19.5 Å². The Bertz CT molecular complexity index is 783. The monoisotopic (exact) mass is 274 g/mol. The number of aromatic amines is 1. The van der Waals surface area contributed by atoms with Gasteiger partial charge in [0.15, 0.2) is 11.1 Å². The maximum absolute atomic E-state index is 7.69. The summed E-state index contributed by atoms with van der Waals surface area (Å²) in [5.74, 6) is 0. The van der Waals surface area contributed by atoms with Crippen molar-refractivity contribution < 1.29 is 0 Å². The number of imidazole rings is 1. The number of anilines is 1. The maximum Gasteiger partial charge on any atom is 0.173 e. The Labute approximate surface area is 113 Å². The minimum absolute atomic E-state index is 0.163. The zero-order chi connectivity index (χ0) is 13.4. The number of benzene rings is 1. The number of nitrogens with one attached hydrogen (secondary N) is 2. The lowest BCUT2D eigenvalue weighted by atomic mass is 10.2. The second-order valence-electron chi connectivity index (χ2n) is 4.13. The number of aromatic nitrogens is 4. The summed E-state index contributed by atoms with van der Waals surface area (Å²) in [7, 11) is 0. The molecule has 0 aliphatic carbocycles. The summed E-state index contributed by atoms with van der Waals surface area (Å²) in [5, 5.41) is 8.30. The molecule has 3 rings (SSSR count). The van der Waals surface area contributed by atoms with Crippen molar-refractivity contribution in [3.05, 3.63) is 46.9 Å². The number of nitrogen functional groups attached to an aromatic ring is 1. The van der Waals surface area contributed by atoms with Crippen molar-refractivity contribution in [1.29, 1.82) is 5.41 Å². The fourth-order valence-electron chi connectivity index (χ4n) is 1.95. The third kappa shape index (κ3) is 1.96. The molecule has 0 unspecified atom stereocenters. The Morgan fingerprint density at radius 1 is 1.37 bits per heavy atom. The van der Waals surface area contributed by atoms with Gasteiger partial charge in [-0.1, -0.05) is 17.7 Å². The molecule has 0 aliphatic rings. The van der Waals surface area contributed by atoms with Gasteiger partial charge in [-0.25, -0.2) is 9.97 Å². The first kappa shape index (κ1) is 11.7. The Morgan fingerprint density at radius 2 is 2.21 bits per heavy atom. The smallest absolute Gasteiger partial charge is 0.173 e. The molecule has 0 bridgehead atoms. The number of rotatable bonds is 2. The number of hydrogen-bond acceptors (Lipinski definition) is 4. The SMILES string of the molecule is N=c1ncn(Cc2c(N)cccc2Cl)c2nc[nH]c12. The van der Waals surface area contributed by atoms with Gasteiger partial charge in [-0.05, 0) is 12.1 Å². The summed E-state index contributed by atoms with van der Waals surface area (Å²) < 4.78 is 1.81. The van der Waals surface area contributed by atoms with Crippen LogP contribution >= 0.6 is 11.6 Å². The molecule has 0 atom stereocenters. The second kappa shape index (κ2) is 4.40. The molecule has 4 N–H and O–H groups in total. The molecule has 1 aromatic carbocycles. The first-order chi connectivity index (χ1) is 9.16. The number of nitrogens with zero attached hydrogens (tertiary/aromatic N) is 3. The topological polar surface area (TPSA) is 96.4 Å². The van der Waals surface area contributed by atoms with E-state index in [2.05, 4.69) is 15.0 Å². The van der Waals surface area contributed by atoms with Crippen LogP contribution in [0.1, 0.15) is 5.56 Å². The van der Waals surface area contributed by atoms with Gasteiger partial charge >= 0.3 is 0 Å². The van der Waals surface area contributed by atoms with Crippen molar-refractivity contribution in [2.24, 2.45) is 0 Å². The highest BCUT2D eigenvalue weighted by Crippen LogP contribution is 2.23. The molecule has 0 amide bonds. The van der Waals surface area contributed by atoms with E-state index in [9.17, 15) is 0 Å². The summed E-state index contributed by atoms with van der Waals surface area (Å²) in [6.45, 7) is 0.458. The van der Waals surface area contributed by atoms with E-state index >= 15 is 0 Å². The lowest BCUT2D eigenvalue weighted by Gasteiger charge is -2.11. The fourth-order valence-corrected chi connectivity index (χ4v) is 2.20. The molecule has 0 spiro atoms. The highest BCUT2D eigenvalue weighted by atomic mass is 35.5. The van der Waals surface area contributed by atoms with Crippen LogP contribution in [-0.2, 0) is 6.54 Å². The van der Waals surface area contributed by atoms with Crippen LogP contribution in [0.25, 0.3) is 11.2 Å². The molecule has 19 heavy (non-hydrogen) atoms. The minimum Gasteiger partial charge on any atom is -0.398 e. The van der Waals surface area contributed by atoms with E-state index in [-0.39, 0.29) is 5.49 Å². The normalized spacial score (nSPS) is 11.0. The van der Waals surface area contributed by atoms with Crippen LogP contribution < -0.4 is 11.2 Å². The standard InChI is InChI=1S/C12H11ClN6/c13-8-2-1-3-9(14)7(8)4-19-6-18-11(15)10-12(19)17-5-16-10/h1-3,5-6,15H,4,14H2,(H,16,17). The molecule has 6 nitrogen and oxygen atoms in total. The van der Waals surface area contributed by atoms with Gasteiger partial charge in [0, 0.05) is 16.3 Å². The summed E-state index contributed by atoms with van der Waals surface area (Å²) >= 11 is 6.16. The van der Waals surface area contributed by atoms with Gasteiger partial charge < -0.3 is 15.3 Å². The molecule has 0 saturated heterocycles. The molecule has 0 radical (unpaired) electrons. The minimum atomic E-state index is 0.163. The first-order valence-electron chi connectivity index (χ1n) is 5.63. The van der Waals surface area contributed by atoms with Crippen molar-refractivity contribution in [2.45, 2.75) is 6.54 Å². The lowest BCUT2D eigenvalue weighted by molar-refractivity contribution is 0.785. The van der Waals surface area contributed by atoms with E-state index in [1.165, 1.54) is 6.33 Å². The average molecular weight is 275 g/mol. The van der Waals surface area contributed by atoms with E-state index in [4.69, 9.17) is 22.7 Å². The van der Waals surface area contributed by atoms with Crippen LogP contribution in [0, 0.1) is 5.41 Å². The zero-order valence-corrected chi connectivity index (χ0v) is 10.6. The molecule has 0 fully saturated rings. The summed E-state index contributed by atoms with van der Waals surface area (Å²) in [4.78, 5) is 11.1. The number of H-pyrrole nitrogens is 1. The van der Waals surface area contributed by atoms with Crippen molar-refractivity contribution in [3.8, 4) is 0 Å². The molecule has 2 heterocycles. The van der Waals surface area contributed by atoms with Gasteiger partial charge in [-0.3, -0.25) is 5.41 Å². The fraction of sp³-hybridized carbons (Fsp3) is 0.0833. The number of hydrogen-bond donors (Lipinski definition) is 3. The highest BCUT2D eigenvalue weighted by molar-refractivity contribution is 6.31. The second-order valence-corrected chi connectivity index (χ2v) is 4.54. The van der Waals surface area contributed by atoms with E-state index < -0.39 is 0 Å². The molecule has 3 aromatic rings. The van der Waals surface area contributed by atoms with E-state index in [0.29, 0.717) is 28.4 Å². The van der Waals surface area contributed by atoms with Gasteiger partial charge in [0.1, 0.15) is 5.52 Å². The van der Waals surface area contributed by atoms with E-state index in [0.717, 1.165) is 5.56 Å². The Hall–Kier alpha value is -2.34. The number of fused-ring (bicyclic) bond motifs is 1. The highest BCUT2D eigenvalue weighted by Gasteiger charge is 2.09. The van der Waals surface area contributed by atoms with Gasteiger partial charge in [0.05, 0.1) is 19.2 Å². The van der Waals surface area contributed by atoms with E-state index in [1.807, 2.05) is 0 Å². The predicted molar refractivity (Wildman–Crippen MR) is 72.7 cm³/mol. The third-order valence-corrected chi connectivity index (χ3v) is 3.29. The third-order valence-electron chi connectivity index (χ3n) is 2.94. The first-order valence-corrected chi connectivity index (χ1v) is 6.00. The van der Waals surface area contributed by atoms with Crippen molar-refractivity contribution >= 4 is 28.5 Å². The Balaban J connectivity index is 2.14. The van der Waals surface area contributed by atoms with Crippen LogP contribution in [0.4, 0.5) is 5.69 Å². The molecule has 0 aliphatic heterocycles. The molecule has 7 heteroatoms. The maximum atomic E-state index is 7.69. The van der Waals surface area contributed by atoms with Crippen molar-refractivity contribution in [3.63, 3.8) is 0 Å². The summed E-state index contributed by atoms with van der Waals surface area (Å²) in [6, 6.07) is 5.40. The zero-order valence-electron chi connectivity index (χ0n) is 9.89. The van der Waals surface area contributed by atoms with Crippen LogP contribution in [0.3, 0.4) is 0 Å². The Kier molecular flexibility index (Phi) is 2.72. The van der Waals surface area contributed by atoms with Crippen LogP contribution in [0.5, 0.6) is 0 Å². The van der Waals surface area contributed by atoms with Crippen LogP contribution in [0.15, 0.2) is 30.9 Å². The largest absolute Gasteiger partial charge is 0.398 e. The molecule has 96 valence electrons. The number of nitrogens with two attached hydrogens (primary N) is 1. The number of halogens is 1. The summed E-state index contributed by atoms with van der Waals surface area (Å²) in [5.41, 5.74) is 8.78.